The van der Waals surface area contributed by atoms with Crippen LogP contribution in [0.4, 0.5) is 23.2 Å². The van der Waals surface area contributed by atoms with Gasteiger partial charge in [-0.25, -0.2) is 4.39 Å². The number of halogens is 4. The molecule has 1 unspecified atom stereocenters. The van der Waals surface area contributed by atoms with Crippen LogP contribution in [0.3, 0.4) is 0 Å². The SMILES string of the molecule is CCCCCCCCCC(=O)OC(C)N1CCN(c2cn(-c3ccc(F)cc3)c3ccc(C(F)(F)F)cc23)CC1. The van der Waals surface area contributed by atoms with Crippen molar-refractivity contribution < 1.29 is 27.1 Å². The fourth-order valence-electron chi connectivity index (χ4n) is 5.33. The Bertz CT molecular complexity index is 1250. The summed E-state index contributed by atoms with van der Waals surface area (Å²) in [5.41, 5.74) is 1.26. The molecule has 0 radical (unpaired) electrons. The van der Waals surface area contributed by atoms with Crippen molar-refractivity contribution in [2.24, 2.45) is 0 Å². The number of anilines is 1. The summed E-state index contributed by atoms with van der Waals surface area (Å²) in [6.07, 6.45) is 5.37. The molecule has 3 aromatic rings. The van der Waals surface area contributed by atoms with Crippen LogP contribution in [0.2, 0.25) is 0 Å². The predicted molar refractivity (Wildman–Crippen MR) is 150 cm³/mol. The first-order chi connectivity index (χ1) is 19.2. The second-order valence-electron chi connectivity index (χ2n) is 10.6. The molecule has 40 heavy (non-hydrogen) atoms. The van der Waals surface area contributed by atoms with Gasteiger partial charge in [0.2, 0.25) is 0 Å². The van der Waals surface area contributed by atoms with E-state index in [2.05, 4.69) is 16.7 Å². The zero-order valence-corrected chi connectivity index (χ0v) is 23.4. The molecule has 2 heterocycles. The van der Waals surface area contributed by atoms with Crippen LogP contribution in [0.25, 0.3) is 16.6 Å². The molecule has 0 aliphatic carbocycles. The van der Waals surface area contributed by atoms with Crippen LogP contribution in [0.1, 0.15) is 70.8 Å². The molecule has 2 aromatic carbocycles. The lowest BCUT2D eigenvalue weighted by Gasteiger charge is -2.38. The molecule has 0 spiro atoms. The molecular formula is C31H39F4N3O2. The standard InChI is InChI=1S/C31H39F4N3O2/c1-3-4-5-6-7-8-9-10-30(39)40-23(2)36-17-19-37(20-18-36)29-22-38(26-14-12-25(32)13-15-26)28-16-11-24(21-27(28)29)31(33,34)35/h11-16,21-23H,3-10,17-20H2,1-2H3. The van der Waals surface area contributed by atoms with Crippen molar-refractivity contribution in [3.63, 3.8) is 0 Å². The highest BCUT2D eigenvalue weighted by Gasteiger charge is 2.32. The second-order valence-corrected chi connectivity index (χ2v) is 10.6. The minimum absolute atomic E-state index is 0.189. The molecule has 0 saturated carbocycles. The van der Waals surface area contributed by atoms with E-state index in [0.29, 0.717) is 54.9 Å². The summed E-state index contributed by atoms with van der Waals surface area (Å²) < 4.78 is 61.7. The highest BCUT2D eigenvalue weighted by Crippen LogP contribution is 2.37. The smallest absolute Gasteiger partial charge is 0.416 e. The van der Waals surface area contributed by atoms with Gasteiger partial charge in [-0.15, -0.1) is 0 Å². The summed E-state index contributed by atoms with van der Waals surface area (Å²) in [6, 6.07) is 9.61. The molecule has 9 heteroatoms. The van der Waals surface area contributed by atoms with Crippen molar-refractivity contribution in [1.82, 2.24) is 9.47 Å². The Hall–Kier alpha value is -3.07. The van der Waals surface area contributed by atoms with Gasteiger partial charge in [0.05, 0.1) is 16.8 Å². The average molecular weight is 562 g/mol. The lowest BCUT2D eigenvalue weighted by Crippen LogP contribution is -2.50. The zero-order valence-electron chi connectivity index (χ0n) is 23.4. The van der Waals surface area contributed by atoms with Crippen LogP contribution in [0.5, 0.6) is 0 Å². The van der Waals surface area contributed by atoms with E-state index in [1.165, 1.54) is 49.9 Å². The highest BCUT2D eigenvalue weighted by molar-refractivity contribution is 5.95. The number of rotatable bonds is 12. The van der Waals surface area contributed by atoms with Crippen molar-refractivity contribution in [1.29, 1.82) is 0 Å². The van der Waals surface area contributed by atoms with Gasteiger partial charge in [-0.2, -0.15) is 13.2 Å². The van der Waals surface area contributed by atoms with Crippen LogP contribution in [-0.4, -0.2) is 47.8 Å². The first-order valence-corrected chi connectivity index (χ1v) is 14.3. The molecule has 218 valence electrons. The number of unbranched alkanes of at least 4 members (excludes halogenated alkanes) is 6. The van der Waals surface area contributed by atoms with E-state index in [4.69, 9.17) is 4.74 Å². The van der Waals surface area contributed by atoms with Gasteiger partial charge in [0.1, 0.15) is 5.82 Å². The first kappa shape index (κ1) is 29.9. The Morgan fingerprint density at radius 1 is 0.925 bits per heavy atom. The maximum Gasteiger partial charge on any atom is 0.416 e. The van der Waals surface area contributed by atoms with Crippen molar-refractivity contribution in [3.8, 4) is 5.69 Å². The van der Waals surface area contributed by atoms with Gasteiger partial charge in [0.15, 0.2) is 6.23 Å². The Balaban J connectivity index is 1.39. The lowest BCUT2D eigenvalue weighted by molar-refractivity contribution is -0.158. The van der Waals surface area contributed by atoms with Crippen LogP contribution < -0.4 is 4.90 Å². The van der Waals surface area contributed by atoms with Crippen molar-refractivity contribution in [3.05, 3.63) is 60.0 Å². The summed E-state index contributed by atoms with van der Waals surface area (Å²) in [6.45, 7) is 6.41. The molecule has 1 atom stereocenters. The quantitative estimate of drug-likeness (QED) is 0.128. The number of hydrogen-bond donors (Lipinski definition) is 0. The van der Waals surface area contributed by atoms with Gasteiger partial charge in [0, 0.05) is 49.9 Å². The number of aromatic nitrogens is 1. The molecule has 1 fully saturated rings. The predicted octanol–water partition coefficient (Wildman–Crippen LogP) is 7.94. The third-order valence-electron chi connectivity index (χ3n) is 7.67. The Morgan fingerprint density at radius 3 is 2.23 bits per heavy atom. The molecule has 1 aromatic heterocycles. The first-order valence-electron chi connectivity index (χ1n) is 14.3. The number of nitrogens with zero attached hydrogens (tertiary/aromatic N) is 3. The molecule has 1 saturated heterocycles. The summed E-state index contributed by atoms with van der Waals surface area (Å²) in [5, 5.41) is 0.488. The summed E-state index contributed by atoms with van der Waals surface area (Å²) in [7, 11) is 0. The van der Waals surface area contributed by atoms with E-state index in [-0.39, 0.29) is 18.0 Å². The molecule has 0 bridgehead atoms. The molecule has 1 aliphatic rings. The molecule has 0 N–H and O–H groups in total. The van der Waals surface area contributed by atoms with E-state index in [1.54, 1.807) is 16.7 Å². The minimum Gasteiger partial charge on any atom is -0.447 e. The summed E-state index contributed by atoms with van der Waals surface area (Å²) in [4.78, 5) is 16.5. The maximum absolute atomic E-state index is 13.6. The number of fused-ring (bicyclic) bond motifs is 1. The van der Waals surface area contributed by atoms with Gasteiger partial charge in [-0.3, -0.25) is 9.69 Å². The summed E-state index contributed by atoms with van der Waals surface area (Å²) in [5.74, 6) is -0.571. The maximum atomic E-state index is 13.6. The molecule has 1 aliphatic heterocycles. The molecule has 4 rings (SSSR count). The average Bonchev–Trinajstić information content (AvgIpc) is 3.31. The van der Waals surface area contributed by atoms with Crippen LogP contribution in [0, 0.1) is 5.82 Å². The van der Waals surface area contributed by atoms with Gasteiger partial charge in [-0.05, 0) is 55.8 Å². The molecule has 0 amide bonds. The third kappa shape index (κ3) is 7.56. The van der Waals surface area contributed by atoms with Crippen molar-refractivity contribution in [2.75, 3.05) is 31.1 Å². The lowest BCUT2D eigenvalue weighted by atomic mass is 10.1. The number of carbonyl (C=O) groups is 1. The number of piperazine rings is 1. The Kier molecular flexibility index (Phi) is 10.1. The van der Waals surface area contributed by atoms with Crippen LogP contribution in [0.15, 0.2) is 48.7 Å². The van der Waals surface area contributed by atoms with E-state index in [0.717, 1.165) is 25.3 Å². The Labute approximate surface area is 233 Å². The fourth-order valence-corrected chi connectivity index (χ4v) is 5.33. The minimum atomic E-state index is -4.46. The second kappa shape index (κ2) is 13.5. The molecular weight excluding hydrogens is 522 g/mol. The fraction of sp³-hybridized carbons (Fsp3) is 0.516. The summed E-state index contributed by atoms with van der Waals surface area (Å²) >= 11 is 0. The largest absolute Gasteiger partial charge is 0.447 e. The number of benzene rings is 2. The van der Waals surface area contributed by atoms with Gasteiger partial charge >= 0.3 is 12.1 Å². The van der Waals surface area contributed by atoms with Crippen molar-refractivity contribution in [2.45, 2.75) is 77.6 Å². The van der Waals surface area contributed by atoms with E-state index < -0.39 is 11.7 Å². The number of alkyl halides is 3. The van der Waals surface area contributed by atoms with Crippen LogP contribution in [-0.2, 0) is 15.7 Å². The topological polar surface area (TPSA) is 37.7 Å². The monoisotopic (exact) mass is 561 g/mol. The number of esters is 1. The highest BCUT2D eigenvalue weighted by atomic mass is 19.4. The van der Waals surface area contributed by atoms with E-state index >= 15 is 0 Å². The van der Waals surface area contributed by atoms with E-state index in [9.17, 15) is 22.4 Å². The normalized spacial score (nSPS) is 15.5. The van der Waals surface area contributed by atoms with Gasteiger partial charge in [0.25, 0.3) is 0 Å². The number of ether oxygens (including phenoxy) is 1. The van der Waals surface area contributed by atoms with Crippen LogP contribution >= 0.6 is 0 Å². The zero-order chi connectivity index (χ0) is 28.7. The van der Waals surface area contributed by atoms with Crippen molar-refractivity contribution >= 4 is 22.6 Å². The number of carbonyl (C=O) groups excluding carboxylic acids is 1. The number of hydrogen-bond acceptors (Lipinski definition) is 4. The Morgan fingerprint density at radius 2 is 1.57 bits per heavy atom. The van der Waals surface area contributed by atoms with Gasteiger partial charge < -0.3 is 14.2 Å². The van der Waals surface area contributed by atoms with Gasteiger partial charge in [-0.1, -0.05) is 45.4 Å². The van der Waals surface area contributed by atoms with E-state index in [1.807, 2.05) is 13.1 Å². The molecule has 5 nitrogen and oxygen atoms in total. The third-order valence-corrected chi connectivity index (χ3v) is 7.67.